The summed E-state index contributed by atoms with van der Waals surface area (Å²) in [6, 6.07) is 3.65. The summed E-state index contributed by atoms with van der Waals surface area (Å²) in [5.41, 5.74) is -0.823. The number of halogens is 4. The van der Waals surface area contributed by atoms with E-state index in [0.717, 1.165) is 6.07 Å². The van der Waals surface area contributed by atoms with Crippen molar-refractivity contribution in [2.45, 2.75) is 13.1 Å². The van der Waals surface area contributed by atoms with Gasteiger partial charge in [0.25, 0.3) is 0 Å². The van der Waals surface area contributed by atoms with Gasteiger partial charge in [-0.2, -0.15) is 13.2 Å². The molecule has 0 saturated heterocycles. The number of alkyl halides is 3. The van der Waals surface area contributed by atoms with E-state index >= 15 is 0 Å². The summed E-state index contributed by atoms with van der Waals surface area (Å²) in [7, 11) is 1.20. The molecule has 0 aromatic heterocycles. The third-order valence-electron chi connectivity index (χ3n) is 2.54. The van der Waals surface area contributed by atoms with E-state index in [1.165, 1.54) is 24.1 Å². The SMILES string of the molecule is CCN(CC(=O)OC)c1cc(Br)ccc1C(F)(F)F. The molecule has 0 heterocycles. The van der Waals surface area contributed by atoms with Crippen molar-refractivity contribution < 1.29 is 22.7 Å². The van der Waals surface area contributed by atoms with Gasteiger partial charge in [-0.1, -0.05) is 15.9 Å². The van der Waals surface area contributed by atoms with E-state index in [1.54, 1.807) is 6.92 Å². The number of likely N-dealkylation sites (N-methyl/N-ethyl adjacent to an activating group) is 1. The molecule has 0 unspecified atom stereocenters. The number of hydrogen-bond acceptors (Lipinski definition) is 3. The number of esters is 1. The summed E-state index contributed by atoms with van der Waals surface area (Å²) in [6.07, 6.45) is -4.47. The fraction of sp³-hybridized carbons (Fsp3) is 0.417. The zero-order valence-corrected chi connectivity index (χ0v) is 12.0. The molecule has 7 heteroatoms. The Balaban J connectivity index is 3.21. The highest BCUT2D eigenvalue weighted by Gasteiger charge is 2.35. The Morgan fingerprint density at radius 1 is 1.42 bits per heavy atom. The molecule has 1 rings (SSSR count). The zero-order valence-electron chi connectivity index (χ0n) is 10.4. The lowest BCUT2D eigenvalue weighted by Gasteiger charge is -2.25. The number of carbonyl (C=O) groups is 1. The predicted octanol–water partition coefficient (Wildman–Crippen LogP) is 3.47. The molecule has 0 atom stereocenters. The molecule has 1 aromatic rings. The van der Waals surface area contributed by atoms with E-state index < -0.39 is 17.7 Å². The van der Waals surface area contributed by atoms with Crippen LogP contribution in [0.2, 0.25) is 0 Å². The first kappa shape index (κ1) is 15.8. The van der Waals surface area contributed by atoms with Crippen LogP contribution in [0.3, 0.4) is 0 Å². The first-order chi connectivity index (χ1) is 8.79. The van der Waals surface area contributed by atoms with Crippen LogP contribution in [-0.4, -0.2) is 26.2 Å². The summed E-state index contributed by atoms with van der Waals surface area (Å²) in [5, 5.41) is 0. The maximum atomic E-state index is 12.9. The minimum absolute atomic E-state index is 0.0465. The topological polar surface area (TPSA) is 29.5 Å². The van der Waals surface area contributed by atoms with Crippen LogP contribution >= 0.6 is 15.9 Å². The Morgan fingerprint density at radius 2 is 2.05 bits per heavy atom. The smallest absolute Gasteiger partial charge is 0.418 e. The number of hydrogen-bond donors (Lipinski definition) is 0. The van der Waals surface area contributed by atoms with Crippen LogP contribution in [0.25, 0.3) is 0 Å². The van der Waals surface area contributed by atoms with Gasteiger partial charge >= 0.3 is 12.1 Å². The van der Waals surface area contributed by atoms with Crippen molar-refractivity contribution in [3.05, 3.63) is 28.2 Å². The minimum Gasteiger partial charge on any atom is -0.468 e. The maximum absolute atomic E-state index is 12.9. The Bertz CT molecular complexity index is 463. The number of methoxy groups -OCH3 is 1. The van der Waals surface area contributed by atoms with E-state index in [-0.39, 0.29) is 18.8 Å². The van der Waals surface area contributed by atoms with E-state index in [0.29, 0.717) is 4.47 Å². The average Bonchev–Trinajstić information content (AvgIpc) is 2.33. The highest BCUT2D eigenvalue weighted by atomic mass is 79.9. The second-order valence-corrected chi connectivity index (χ2v) is 4.67. The second kappa shape index (κ2) is 6.27. The molecule has 0 aliphatic carbocycles. The summed E-state index contributed by atoms with van der Waals surface area (Å²) < 4.78 is 43.8. The summed E-state index contributed by atoms with van der Waals surface area (Å²) in [5.74, 6) is -0.588. The summed E-state index contributed by atoms with van der Waals surface area (Å²) >= 11 is 3.13. The number of nitrogens with zero attached hydrogens (tertiary/aromatic N) is 1. The molecule has 1 aromatic carbocycles. The molecular formula is C12H13BrF3NO2. The lowest BCUT2D eigenvalue weighted by Crippen LogP contribution is -2.32. The van der Waals surface area contributed by atoms with Gasteiger partial charge < -0.3 is 9.64 Å². The molecule has 0 bridgehead atoms. The van der Waals surface area contributed by atoms with Crippen LogP contribution < -0.4 is 4.90 Å². The monoisotopic (exact) mass is 339 g/mol. The average molecular weight is 340 g/mol. The fourth-order valence-corrected chi connectivity index (χ4v) is 1.94. The molecule has 106 valence electrons. The largest absolute Gasteiger partial charge is 0.468 e. The van der Waals surface area contributed by atoms with Gasteiger partial charge in [-0.05, 0) is 25.1 Å². The quantitative estimate of drug-likeness (QED) is 0.786. The number of ether oxygens (including phenoxy) is 1. The van der Waals surface area contributed by atoms with Gasteiger partial charge in [0, 0.05) is 11.0 Å². The van der Waals surface area contributed by atoms with Gasteiger partial charge in [-0.3, -0.25) is 4.79 Å². The van der Waals surface area contributed by atoms with Crippen molar-refractivity contribution in [2.24, 2.45) is 0 Å². The van der Waals surface area contributed by atoms with Gasteiger partial charge in [-0.15, -0.1) is 0 Å². The molecule has 0 aliphatic heterocycles. The Kier molecular flexibility index (Phi) is 5.22. The Hall–Kier alpha value is -1.24. The number of anilines is 1. The number of carbonyl (C=O) groups excluding carboxylic acids is 1. The van der Waals surface area contributed by atoms with Crippen LogP contribution in [0.15, 0.2) is 22.7 Å². The molecule has 0 aliphatic rings. The van der Waals surface area contributed by atoms with Gasteiger partial charge in [0.1, 0.15) is 6.54 Å². The van der Waals surface area contributed by atoms with Crippen LogP contribution in [0, 0.1) is 0 Å². The molecular weight excluding hydrogens is 327 g/mol. The van der Waals surface area contributed by atoms with Gasteiger partial charge in [-0.25, -0.2) is 0 Å². The maximum Gasteiger partial charge on any atom is 0.418 e. The van der Waals surface area contributed by atoms with Crippen molar-refractivity contribution in [2.75, 3.05) is 25.1 Å². The van der Waals surface area contributed by atoms with Crippen molar-refractivity contribution in [1.82, 2.24) is 0 Å². The molecule has 3 nitrogen and oxygen atoms in total. The standard InChI is InChI=1S/C12H13BrF3NO2/c1-3-17(7-11(18)19-2)10-6-8(13)4-5-9(10)12(14,15)16/h4-6H,3,7H2,1-2H3. The molecule has 0 spiro atoms. The number of benzene rings is 1. The van der Waals surface area contributed by atoms with Crippen LogP contribution in [-0.2, 0) is 15.7 Å². The highest BCUT2D eigenvalue weighted by Crippen LogP contribution is 2.38. The summed E-state index contributed by atoms with van der Waals surface area (Å²) in [4.78, 5) is 12.6. The second-order valence-electron chi connectivity index (χ2n) is 3.75. The Morgan fingerprint density at radius 3 is 2.53 bits per heavy atom. The van der Waals surface area contributed by atoms with Gasteiger partial charge in [0.2, 0.25) is 0 Å². The van der Waals surface area contributed by atoms with Crippen molar-refractivity contribution >= 4 is 27.6 Å². The third kappa shape index (κ3) is 4.12. The van der Waals surface area contributed by atoms with Gasteiger partial charge in [0.15, 0.2) is 0 Å². The van der Waals surface area contributed by atoms with Crippen molar-refractivity contribution in [3.63, 3.8) is 0 Å². The Labute approximate surface area is 117 Å². The zero-order chi connectivity index (χ0) is 14.6. The molecule has 19 heavy (non-hydrogen) atoms. The van der Waals surface area contributed by atoms with Gasteiger partial charge in [0.05, 0.1) is 18.4 Å². The number of rotatable bonds is 4. The van der Waals surface area contributed by atoms with E-state index in [2.05, 4.69) is 20.7 Å². The molecule has 0 saturated carbocycles. The van der Waals surface area contributed by atoms with E-state index in [1.807, 2.05) is 0 Å². The van der Waals surface area contributed by atoms with E-state index in [4.69, 9.17) is 0 Å². The normalized spacial score (nSPS) is 11.3. The first-order valence-electron chi connectivity index (χ1n) is 5.48. The first-order valence-corrected chi connectivity index (χ1v) is 6.27. The third-order valence-corrected chi connectivity index (χ3v) is 3.03. The fourth-order valence-electron chi connectivity index (χ4n) is 1.59. The molecule has 0 fully saturated rings. The van der Waals surface area contributed by atoms with Crippen molar-refractivity contribution in [1.29, 1.82) is 0 Å². The van der Waals surface area contributed by atoms with Crippen LogP contribution in [0.1, 0.15) is 12.5 Å². The lowest BCUT2D eigenvalue weighted by atomic mass is 10.1. The molecule has 0 amide bonds. The minimum atomic E-state index is -4.47. The molecule has 0 N–H and O–H groups in total. The summed E-state index contributed by atoms with van der Waals surface area (Å²) in [6.45, 7) is 1.70. The van der Waals surface area contributed by atoms with Crippen LogP contribution in [0.4, 0.5) is 18.9 Å². The van der Waals surface area contributed by atoms with Crippen LogP contribution in [0.5, 0.6) is 0 Å². The van der Waals surface area contributed by atoms with E-state index in [9.17, 15) is 18.0 Å². The lowest BCUT2D eigenvalue weighted by molar-refractivity contribution is -0.140. The molecule has 0 radical (unpaired) electrons. The highest BCUT2D eigenvalue weighted by molar-refractivity contribution is 9.10. The predicted molar refractivity (Wildman–Crippen MR) is 69.0 cm³/mol. The van der Waals surface area contributed by atoms with Crippen molar-refractivity contribution in [3.8, 4) is 0 Å².